The molecular formula is C21H23NO4. The first kappa shape index (κ1) is 19.2. The molecule has 0 spiro atoms. The average molecular weight is 353 g/mol. The lowest BCUT2D eigenvalue weighted by Crippen LogP contribution is -2.20. The zero-order valence-corrected chi connectivity index (χ0v) is 15.2. The highest BCUT2D eigenvalue weighted by atomic mass is 16.5. The number of hydrogen-bond donors (Lipinski definition) is 1. The monoisotopic (exact) mass is 353 g/mol. The zero-order chi connectivity index (χ0) is 18.9. The molecule has 0 unspecified atom stereocenters. The normalized spacial score (nSPS) is 10.6. The fourth-order valence-corrected chi connectivity index (χ4v) is 2.25. The average Bonchev–Trinajstić information content (AvgIpc) is 2.63. The number of rotatable bonds is 7. The number of carbonyl (C=O) groups is 2. The number of aryl methyl sites for hydroxylation is 2. The highest BCUT2D eigenvalue weighted by molar-refractivity contribution is 5.95. The van der Waals surface area contributed by atoms with E-state index >= 15 is 0 Å². The fraction of sp³-hybridized carbons (Fsp3) is 0.238. The smallest absolute Gasteiger partial charge is 0.331 e. The number of nitrogens with one attached hydrogen (secondary N) is 1. The van der Waals surface area contributed by atoms with Crippen LogP contribution in [0.1, 0.15) is 23.6 Å². The topological polar surface area (TPSA) is 64.6 Å². The molecule has 2 rings (SSSR count). The van der Waals surface area contributed by atoms with Gasteiger partial charge in [0.2, 0.25) is 0 Å². The maximum Gasteiger partial charge on any atom is 0.331 e. The predicted molar refractivity (Wildman–Crippen MR) is 102 cm³/mol. The van der Waals surface area contributed by atoms with E-state index in [0.717, 1.165) is 28.1 Å². The molecule has 0 aromatic heterocycles. The Bertz CT molecular complexity index is 794. The van der Waals surface area contributed by atoms with Crippen LogP contribution >= 0.6 is 0 Å². The maximum atomic E-state index is 11.9. The summed E-state index contributed by atoms with van der Waals surface area (Å²) < 4.78 is 10.3. The molecule has 2 aromatic carbocycles. The quantitative estimate of drug-likeness (QED) is 0.606. The van der Waals surface area contributed by atoms with Crippen molar-refractivity contribution < 1.29 is 19.1 Å². The third-order valence-corrected chi connectivity index (χ3v) is 3.62. The van der Waals surface area contributed by atoms with Crippen molar-refractivity contribution >= 4 is 23.6 Å². The van der Waals surface area contributed by atoms with E-state index in [4.69, 9.17) is 9.47 Å². The Labute approximate surface area is 153 Å². The Hall–Kier alpha value is -3.08. The SMILES string of the molecule is CCOc1ccc(/C=C/C(=O)OCC(=O)Nc2cc(C)ccc2C)cc1. The first-order chi connectivity index (χ1) is 12.5. The molecule has 0 aliphatic heterocycles. The van der Waals surface area contributed by atoms with Gasteiger partial charge in [0.1, 0.15) is 5.75 Å². The molecule has 2 aromatic rings. The third-order valence-electron chi connectivity index (χ3n) is 3.62. The Kier molecular flexibility index (Phi) is 6.97. The summed E-state index contributed by atoms with van der Waals surface area (Å²) in [7, 11) is 0. The Morgan fingerprint density at radius 1 is 1.08 bits per heavy atom. The van der Waals surface area contributed by atoms with Crippen LogP contribution < -0.4 is 10.1 Å². The second-order valence-corrected chi connectivity index (χ2v) is 5.81. The number of carbonyl (C=O) groups excluding carboxylic acids is 2. The molecular weight excluding hydrogens is 330 g/mol. The summed E-state index contributed by atoms with van der Waals surface area (Å²) >= 11 is 0. The van der Waals surface area contributed by atoms with Crippen molar-refractivity contribution in [1.82, 2.24) is 0 Å². The van der Waals surface area contributed by atoms with Crippen molar-refractivity contribution in [1.29, 1.82) is 0 Å². The van der Waals surface area contributed by atoms with Gasteiger partial charge in [-0.1, -0.05) is 24.3 Å². The molecule has 5 heteroatoms. The molecule has 0 saturated heterocycles. The van der Waals surface area contributed by atoms with E-state index in [1.807, 2.05) is 63.2 Å². The third kappa shape index (κ3) is 6.09. The number of benzene rings is 2. The van der Waals surface area contributed by atoms with Crippen molar-refractivity contribution in [3.8, 4) is 5.75 Å². The zero-order valence-electron chi connectivity index (χ0n) is 15.2. The Morgan fingerprint density at radius 3 is 2.50 bits per heavy atom. The van der Waals surface area contributed by atoms with Crippen molar-refractivity contribution in [2.75, 3.05) is 18.5 Å². The lowest BCUT2D eigenvalue weighted by molar-refractivity contribution is -0.142. The molecule has 26 heavy (non-hydrogen) atoms. The number of ether oxygens (including phenoxy) is 2. The van der Waals surface area contributed by atoms with E-state index in [-0.39, 0.29) is 12.5 Å². The predicted octanol–water partition coefficient (Wildman–Crippen LogP) is 3.90. The Morgan fingerprint density at radius 2 is 1.81 bits per heavy atom. The molecule has 1 N–H and O–H groups in total. The fourth-order valence-electron chi connectivity index (χ4n) is 2.25. The van der Waals surface area contributed by atoms with E-state index in [2.05, 4.69) is 5.32 Å². The van der Waals surface area contributed by atoms with Crippen LogP contribution in [0.3, 0.4) is 0 Å². The van der Waals surface area contributed by atoms with Crippen molar-refractivity contribution in [2.45, 2.75) is 20.8 Å². The molecule has 0 radical (unpaired) electrons. The number of anilines is 1. The lowest BCUT2D eigenvalue weighted by Gasteiger charge is -2.09. The number of esters is 1. The van der Waals surface area contributed by atoms with E-state index in [1.54, 1.807) is 6.08 Å². The van der Waals surface area contributed by atoms with Crippen molar-refractivity contribution in [3.63, 3.8) is 0 Å². The summed E-state index contributed by atoms with van der Waals surface area (Å²) in [6.45, 7) is 6.03. The van der Waals surface area contributed by atoms with Gasteiger partial charge in [-0.2, -0.15) is 0 Å². The van der Waals surface area contributed by atoms with Crippen LogP contribution in [0.5, 0.6) is 5.75 Å². The van der Waals surface area contributed by atoms with Gasteiger partial charge in [-0.05, 0) is 61.7 Å². The molecule has 0 bridgehead atoms. The molecule has 1 amide bonds. The summed E-state index contributed by atoms with van der Waals surface area (Å²) in [5.41, 5.74) is 3.55. The highest BCUT2D eigenvalue weighted by Crippen LogP contribution is 2.16. The second-order valence-electron chi connectivity index (χ2n) is 5.81. The molecule has 0 aliphatic rings. The molecule has 0 heterocycles. The van der Waals surface area contributed by atoms with Gasteiger partial charge >= 0.3 is 5.97 Å². The van der Waals surface area contributed by atoms with Gasteiger partial charge in [0.05, 0.1) is 6.61 Å². The van der Waals surface area contributed by atoms with Crippen LogP contribution in [0, 0.1) is 13.8 Å². The number of amides is 1. The minimum Gasteiger partial charge on any atom is -0.494 e. The van der Waals surface area contributed by atoms with Crippen LogP contribution in [0.2, 0.25) is 0 Å². The van der Waals surface area contributed by atoms with Crippen molar-refractivity contribution in [3.05, 3.63) is 65.2 Å². The van der Waals surface area contributed by atoms with E-state index in [1.165, 1.54) is 6.08 Å². The maximum absolute atomic E-state index is 11.9. The molecule has 5 nitrogen and oxygen atoms in total. The summed E-state index contributed by atoms with van der Waals surface area (Å²) in [5, 5.41) is 2.74. The van der Waals surface area contributed by atoms with Gasteiger partial charge in [0, 0.05) is 11.8 Å². The molecule has 0 aliphatic carbocycles. The van der Waals surface area contributed by atoms with E-state index in [0.29, 0.717) is 6.61 Å². The molecule has 0 atom stereocenters. The van der Waals surface area contributed by atoms with Crippen LogP contribution in [0.25, 0.3) is 6.08 Å². The molecule has 0 fully saturated rings. The standard InChI is InChI=1S/C21H23NO4/c1-4-25-18-10-7-17(8-11-18)9-12-21(24)26-14-20(23)22-19-13-15(2)5-6-16(19)3/h5-13H,4,14H2,1-3H3,(H,22,23)/b12-9+. The summed E-state index contributed by atoms with van der Waals surface area (Å²) in [6.07, 6.45) is 2.92. The summed E-state index contributed by atoms with van der Waals surface area (Å²) in [6, 6.07) is 13.1. The molecule has 136 valence electrons. The van der Waals surface area contributed by atoms with Crippen LogP contribution in [0.15, 0.2) is 48.5 Å². The van der Waals surface area contributed by atoms with Gasteiger partial charge in [-0.3, -0.25) is 4.79 Å². The summed E-state index contributed by atoms with van der Waals surface area (Å²) in [4.78, 5) is 23.7. The van der Waals surface area contributed by atoms with Gasteiger partial charge in [-0.15, -0.1) is 0 Å². The van der Waals surface area contributed by atoms with Gasteiger partial charge < -0.3 is 14.8 Å². The van der Waals surface area contributed by atoms with Crippen LogP contribution in [-0.2, 0) is 14.3 Å². The first-order valence-corrected chi connectivity index (χ1v) is 8.42. The summed E-state index contributed by atoms with van der Waals surface area (Å²) in [5.74, 6) is -0.174. The van der Waals surface area contributed by atoms with Gasteiger partial charge in [0.25, 0.3) is 5.91 Å². The van der Waals surface area contributed by atoms with E-state index in [9.17, 15) is 9.59 Å². The van der Waals surface area contributed by atoms with Crippen LogP contribution in [0.4, 0.5) is 5.69 Å². The lowest BCUT2D eigenvalue weighted by atomic mass is 10.1. The number of hydrogen-bond acceptors (Lipinski definition) is 4. The molecule has 0 saturated carbocycles. The largest absolute Gasteiger partial charge is 0.494 e. The highest BCUT2D eigenvalue weighted by Gasteiger charge is 2.07. The van der Waals surface area contributed by atoms with Gasteiger partial charge in [0.15, 0.2) is 6.61 Å². The Balaban J connectivity index is 1.82. The minimum absolute atomic E-state index is 0.333. The van der Waals surface area contributed by atoms with E-state index < -0.39 is 5.97 Å². The van der Waals surface area contributed by atoms with Crippen molar-refractivity contribution in [2.24, 2.45) is 0 Å². The first-order valence-electron chi connectivity index (χ1n) is 8.42. The van der Waals surface area contributed by atoms with Crippen LogP contribution in [-0.4, -0.2) is 25.1 Å². The second kappa shape index (κ2) is 9.42. The van der Waals surface area contributed by atoms with Gasteiger partial charge in [-0.25, -0.2) is 4.79 Å². The minimum atomic E-state index is -0.574.